The van der Waals surface area contributed by atoms with Gasteiger partial charge in [-0.15, -0.1) is 12.4 Å². The fraction of sp³-hybridized carbons (Fsp3) is 0.500. The molecule has 148 valence electrons. The van der Waals surface area contributed by atoms with Crippen LogP contribution in [0.1, 0.15) is 18.4 Å². The number of benzene rings is 1. The lowest BCUT2D eigenvalue weighted by Gasteiger charge is -2.16. The van der Waals surface area contributed by atoms with E-state index in [1.165, 1.54) is 4.90 Å². The second-order valence-corrected chi connectivity index (χ2v) is 7.85. The Kier molecular flexibility index (Phi) is 7.73. The minimum absolute atomic E-state index is 0. The molecule has 0 spiro atoms. The van der Waals surface area contributed by atoms with E-state index in [0.717, 1.165) is 12.1 Å². The van der Waals surface area contributed by atoms with Crippen LogP contribution in [0.4, 0.5) is 13.2 Å². The van der Waals surface area contributed by atoms with Gasteiger partial charge in [0.2, 0.25) is 15.9 Å². The molecular formula is C14H18Cl2F3N3O3S. The molecule has 0 bridgehead atoms. The van der Waals surface area contributed by atoms with Crippen molar-refractivity contribution in [2.75, 3.05) is 19.6 Å². The first-order chi connectivity index (χ1) is 11.5. The number of hydrogen-bond acceptors (Lipinski definition) is 4. The number of carbonyl (C=O) groups excluding carboxylic acids is 1. The average molecular weight is 436 g/mol. The Morgan fingerprint density at radius 1 is 1.38 bits per heavy atom. The highest BCUT2D eigenvalue weighted by atomic mass is 35.5. The molecule has 6 nitrogen and oxygen atoms in total. The van der Waals surface area contributed by atoms with Crippen molar-refractivity contribution in [3.05, 3.63) is 28.8 Å². The molecule has 12 heteroatoms. The van der Waals surface area contributed by atoms with E-state index >= 15 is 0 Å². The van der Waals surface area contributed by atoms with E-state index in [1.807, 2.05) is 0 Å². The normalized spacial score (nSPS) is 17.9. The highest BCUT2D eigenvalue weighted by molar-refractivity contribution is 7.89. The zero-order chi connectivity index (χ0) is 18.8. The van der Waals surface area contributed by atoms with E-state index in [1.54, 1.807) is 0 Å². The number of carbonyl (C=O) groups is 1. The van der Waals surface area contributed by atoms with Crippen molar-refractivity contribution in [2.45, 2.75) is 30.0 Å². The predicted octanol–water partition coefficient (Wildman–Crippen LogP) is 2.01. The van der Waals surface area contributed by atoms with Gasteiger partial charge in [0.1, 0.15) is 0 Å². The van der Waals surface area contributed by atoms with Gasteiger partial charge >= 0.3 is 6.18 Å². The van der Waals surface area contributed by atoms with Crippen LogP contribution in [0.3, 0.4) is 0 Å². The number of halogens is 5. The summed E-state index contributed by atoms with van der Waals surface area (Å²) in [5, 5.41) is -0.591. The molecule has 1 aliphatic rings. The second-order valence-electron chi connectivity index (χ2n) is 5.68. The third-order valence-corrected chi connectivity index (χ3v) is 5.55. The number of rotatable bonds is 5. The van der Waals surface area contributed by atoms with Crippen LogP contribution in [-0.2, 0) is 21.0 Å². The summed E-state index contributed by atoms with van der Waals surface area (Å²) >= 11 is 5.47. The highest BCUT2D eigenvalue weighted by Crippen LogP contribution is 2.35. The van der Waals surface area contributed by atoms with Gasteiger partial charge in [-0.1, -0.05) is 11.6 Å². The first-order valence-electron chi connectivity index (χ1n) is 7.40. The van der Waals surface area contributed by atoms with E-state index in [-0.39, 0.29) is 37.3 Å². The maximum atomic E-state index is 12.8. The van der Waals surface area contributed by atoms with Crippen LogP contribution in [0, 0.1) is 0 Å². The van der Waals surface area contributed by atoms with Gasteiger partial charge in [-0.2, -0.15) is 13.2 Å². The predicted molar refractivity (Wildman–Crippen MR) is 92.7 cm³/mol. The summed E-state index contributed by atoms with van der Waals surface area (Å²) < 4.78 is 64.8. The Labute approximate surface area is 160 Å². The van der Waals surface area contributed by atoms with E-state index in [4.69, 9.17) is 17.3 Å². The maximum absolute atomic E-state index is 12.8. The Bertz CT molecular complexity index is 760. The monoisotopic (exact) mass is 435 g/mol. The summed E-state index contributed by atoms with van der Waals surface area (Å²) in [5.74, 6) is -0.261. The molecule has 26 heavy (non-hydrogen) atoms. The van der Waals surface area contributed by atoms with Gasteiger partial charge in [-0.25, -0.2) is 13.1 Å². The van der Waals surface area contributed by atoms with E-state index in [0.29, 0.717) is 25.6 Å². The molecule has 0 aromatic heterocycles. The Balaban J connectivity index is 0.00000338. The number of hydrogen-bond donors (Lipinski definition) is 2. The molecule has 1 fully saturated rings. The number of likely N-dealkylation sites (tertiary alicyclic amines) is 1. The third-order valence-electron chi connectivity index (χ3n) is 3.76. The van der Waals surface area contributed by atoms with Crippen LogP contribution in [0.5, 0.6) is 0 Å². The van der Waals surface area contributed by atoms with Crippen LogP contribution < -0.4 is 10.5 Å². The molecule has 1 aromatic carbocycles. The molecule has 0 radical (unpaired) electrons. The van der Waals surface area contributed by atoms with Crippen molar-refractivity contribution < 1.29 is 26.4 Å². The van der Waals surface area contributed by atoms with Gasteiger partial charge in [-0.05, 0) is 24.6 Å². The lowest BCUT2D eigenvalue weighted by molar-refractivity contribution is -0.137. The van der Waals surface area contributed by atoms with Crippen molar-refractivity contribution in [3.63, 3.8) is 0 Å². The quantitative estimate of drug-likeness (QED) is 0.739. The lowest BCUT2D eigenvalue weighted by Crippen LogP contribution is -2.34. The summed E-state index contributed by atoms with van der Waals surface area (Å²) in [6.07, 6.45) is -4.19. The first-order valence-corrected chi connectivity index (χ1v) is 9.26. The number of nitrogens with zero attached hydrogens (tertiary/aromatic N) is 1. The van der Waals surface area contributed by atoms with Crippen molar-refractivity contribution in [3.8, 4) is 0 Å². The molecule has 1 amide bonds. The smallest absolute Gasteiger partial charge is 0.341 e. The fourth-order valence-corrected chi connectivity index (χ4v) is 3.72. The van der Waals surface area contributed by atoms with E-state index in [9.17, 15) is 26.4 Å². The molecular weight excluding hydrogens is 418 g/mol. The number of alkyl halides is 3. The molecule has 1 heterocycles. The second kappa shape index (κ2) is 8.75. The summed E-state index contributed by atoms with van der Waals surface area (Å²) in [6.45, 7) is 0.702. The fourth-order valence-electron chi connectivity index (χ4n) is 2.44. The van der Waals surface area contributed by atoms with Crippen LogP contribution in [0.2, 0.25) is 5.02 Å². The average Bonchev–Trinajstić information content (AvgIpc) is 2.92. The standard InChI is InChI=1S/C14H17ClF3N3O3S.ClH/c15-12-2-1-10(7-11(12)14(16,17)18)25(23,24)20-5-3-13(22)21-6-4-9(19)8-21;/h1-2,7,9,20H,3-6,8,19H2;1H/t9-;/m1./s1. The van der Waals surface area contributed by atoms with Crippen molar-refractivity contribution >= 4 is 39.9 Å². The summed E-state index contributed by atoms with van der Waals surface area (Å²) in [4.78, 5) is 12.9. The molecule has 0 aliphatic carbocycles. The van der Waals surface area contributed by atoms with Gasteiger partial charge < -0.3 is 10.6 Å². The molecule has 1 atom stereocenters. The zero-order valence-electron chi connectivity index (χ0n) is 13.4. The Hall–Kier alpha value is -1.07. The number of nitrogens with one attached hydrogen (secondary N) is 1. The molecule has 1 aliphatic heterocycles. The van der Waals surface area contributed by atoms with Gasteiger partial charge in [0.15, 0.2) is 0 Å². The molecule has 3 N–H and O–H groups in total. The largest absolute Gasteiger partial charge is 0.417 e. The summed E-state index contributed by atoms with van der Waals surface area (Å²) in [6, 6.07) is 2.22. The van der Waals surface area contributed by atoms with Gasteiger partial charge in [0, 0.05) is 32.1 Å². The van der Waals surface area contributed by atoms with Crippen LogP contribution in [0.15, 0.2) is 23.1 Å². The Morgan fingerprint density at radius 2 is 2.04 bits per heavy atom. The minimum atomic E-state index is -4.77. The molecule has 0 saturated carbocycles. The van der Waals surface area contributed by atoms with Crippen molar-refractivity contribution in [1.29, 1.82) is 0 Å². The van der Waals surface area contributed by atoms with Crippen LogP contribution in [-0.4, -0.2) is 44.9 Å². The summed E-state index contributed by atoms with van der Waals surface area (Å²) in [5.41, 5.74) is 4.45. The molecule has 1 aromatic rings. The first kappa shape index (κ1) is 23.0. The van der Waals surface area contributed by atoms with Crippen LogP contribution in [0.25, 0.3) is 0 Å². The van der Waals surface area contributed by atoms with Gasteiger partial charge in [-0.3, -0.25) is 4.79 Å². The van der Waals surface area contributed by atoms with E-state index in [2.05, 4.69) is 4.72 Å². The minimum Gasteiger partial charge on any atom is -0.341 e. The van der Waals surface area contributed by atoms with Gasteiger partial charge in [0.25, 0.3) is 0 Å². The van der Waals surface area contributed by atoms with Crippen LogP contribution >= 0.6 is 24.0 Å². The van der Waals surface area contributed by atoms with E-state index < -0.39 is 31.7 Å². The number of nitrogens with two attached hydrogens (primary N) is 1. The SMILES string of the molecule is Cl.N[C@@H]1CCN(C(=O)CCNS(=O)(=O)c2ccc(Cl)c(C(F)(F)F)c2)C1. The van der Waals surface area contributed by atoms with Gasteiger partial charge in [0.05, 0.1) is 15.5 Å². The third kappa shape index (κ3) is 5.71. The van der Waals surface area contributed by atoms with Crippen molar-refractivity contribution in [2.24, 2.45) is 5.73 Å². The number of amides is 1. The number of sulfonamides is 1. The van der Waals surface area contributed by atoms with Crippen molar-refractivity contribution in [1.82, 2.24) is 9.62 Å². The zero-order valence-corrected chi connectivity index (χ0v) is 15.8. The molecule has 2 rings (SSSR count). The topological polar surface area (TPSA) is 92.5 Å². The highest BCUT2D eigenvalue weighted by Gasteiger charge is 2.34. The molecule has 0 unspecified atom stereocenters. The maximum Gasteiger partial charge on any atom is 0.417 e. The lowest BCUT2D eigenvalue weighted by atomic mass is 10.2. The molecule has 1 saturated heterocycles. The Morgan fingerprint density at radius 3 is 2.58 bits per heavy atom. The summed E-state index contributed by atoms with van der Waals surface area (Å²) in [7, 11) is -4.19.